The van der Waals surface area contributed by atoms with E-state index < -0.39 is 5.54 Å². The van der Waals surface area contributed by atoms with E-state index in [4.69, 9.17) is 0 Å². The van der Waals surface area contributed by atoms with Gasteiger partial charge in [-0.25, -0.2) is 0 Å². The van der Waals surface area contributed by atoms with Gasteiger partial charge >= 0.3 is 0 Å². The van der Waals surface area contributed by atoms with Crippen LogP contribution < -0.4 is 5.32 Å². The lowest BCUT2D eigenvalue weighted by atomic mass is 10.00. The maximum Gasteiger partial charge on any atom is 0.262 e. The first-order chi connectivity index (χ1) is 10.1. The Morgan fingerprint density at radius 2 is 1.90 bits per heavy atom. The zero-order valence-electron chi connectivity index (χ0n) is 12.0. The molecule has 0 unspecified atom stereocenters. The average Bonchev–Trinajstić information content (AvgIpc) is 2.92. The highest BCUT2D eigenvalue weighted by Gasteiger charge is 2.25. The van der Waals surface area contributed by atoms with Crippen molar-refractivity contribution in [3.63, 3.8) is 0 Å². The van der Waals surface area contributed by atoms with Gasteiger partial charge < -0.3 is 5.32 Å². The van der Waals surface area contributed by atoms with Crippen molar-refractivity contribution in [3.8, 4) is 0 Å². The summed E-state index contributed by atoms with van der Waals surface area (Å²) in [5.41, 5.74) is 0.341. The number of pyridine rings is 1. The van der Waals surface area contributed by atoms with Gasteiger partial charge in [-0.05, 0) is 43.5 Å². The molecule has 21 heavy (non-hydrogen) atoms. The number of nitrogens with zero attached hydrogens (tertiary/aromatic N) is 1. The van der Waals surface area contributed by atoms with Crippen molar-refractivity contribution in [2.75, 3.05) is 0 Å². The maximum absolute atomic E-state index is 12.5. The number of aromatic nitrogens is 1. The van der Waals surface area contributed by atoms with Crippen LogP contribution in [0.4, 0.5) is 0 Å². The third-order valence-corrected chi connectivity index (χ3v) is 4.50. The highest BCUT2D eigenvalue weighted by molar-refractivity contribution is 7.20. The normalized spacial score (nSPS) is 11.5. The Hall–Kier alpha value is -2.20. The van der Waals surface area contributed by atoms with Crippen LogP contribution in [0.2, 0.25) is 0 Å². The van der Waals surface area contributed by atoms with E-state index in [1.807, 2.05) is 62.4 Å². The number of nitrogens with one attached hydrogen (secondary N) is 1. The fourth-order valence-electron chi connectivity index (χ4n) is 2.24. The van der Waals surface area contributed by atoms with Crippen LogP contribution in [0.15, 0.2) is 54.7 Å². The van der Waals surface area contributed by atoms with Crippen LogP contribution in [0.3, 0.4) is 0 Å². The molecular formula is C17H16N2OS. The minimum Gasteiger partial charge on any atom is -0.341 e. The second-order valence-corrected chi connectivity index (χ2v) is 6.53. The van der Waals surface area contributed by atoms with Crippen molar-refractivity contribution in [1.82, 2.24) is 10.3 Å². The fraction of sp³-hybridized carbons (Fsp3) is 0.176. The number of thiophene rings is 1. The molecule has 0 aliphatic rings. The van der Waals surface area contributed by atoms with Crippen molar-refractivity contribution in [2.45, 2.75) is 19.4 Å². The van der Waals surface area contributed by atoms with Crippen LogP contribution in [0.25, 0.3) is 10.1 Å². The van der Waals surface area contributed by atoms with E-state index in [-0.39, 0.29) is 5.91 Å². The molecular weight excluding hydrogens is 280 g/mol. The molecule has 0 atom stereocenters. The summed E-state index contributed by atoms with van der Waals surface area (Å²) in [6, 6.07) is 15.7. The van der Waals surface area contributed by atoms with Crippen LogP contribution >= 0.6 is 11.3 Å². The monoisotopic (exact) mass is 296 g/mol. The molecule has 3 rings (SSSR count). The number of amides is 1. The molecule has 2 heterocycles. The molecule has 0 saturated carbocycles. The molecule has 0 radical (unpaired) electrons. The predicted octanol–water partition coefficient (Wildman–Crippen LogP) is 3.96. The molecule has 4 heteroatoms. The Morgan fingerprint density at radius 1 is 1.14 bits per heavy atom. The predicted molar refractivity (Wildman–Crippen MR) is 86.6 cm³/mol. The van der Waals surface area contributed by atoms with E-state index in [0.717, 1.165) is 20.7 Å². The summed E-state index contributed by atoms with van der Waals surface area (Å²) in [6.07, 6.45) is 1.74. The van der Waals surface area contributed by atoms with Crippen molar-refractivity contribution in [1.29, 1.82) is 0 Å². The highest BCUT2D eigenvalue weighted by atomic mass is 32.1. The molecule has 3 aromatic rings. The van der Waals surface area contributed by atoms with Crippen molar-refractivity contribution < 1.29 is 4.79 Å². The summed E-state index contributed by atoms with van der Waals surface area (Å²) in [5, 5.41) is 4.16. The van der Waals surface area contributed by atoms with Gasteiger partial charge in [0.05, 0.1) is 16.1 Å². The molecule has 0 fully saturated rings. The largest absolute Gasteiger partial charge is 0.341 e. The number of carbonyl (C=O) groups excluding carboxylic acids is 1. The molecule has 1 aromatic carbocycles. The number of carbonyl (C=O) groups is 1. The van der Waals surface area contributed by atoms with Crippen LogP contribution in [-0.2, 0) is 5.54 Å². The van der Waals surface area contributed by atoms with Gasteiger partial charge in [0, 0.05) is 10.9 Å². The summed E-state index contributed by atoms with van der Waals surface area (Å²) in [7, 11) is 0. The Balaban J connectivity index is 1.85. The zero-order valence-corrected chi connectivity index (χ0v) is 12.8. The third kappa shape index (κ3) is 2.81. The second-order valence-electron chi connectivity index (χ2n) is 5.44. The molecule has 0 bridgehead atoms. The Morgan fingerprint density at radius 3 is 2.62 bits per heavy atom. The first kappa shape index (κ1) is 13.8. The lowest BCUT2D eigenvalue weighted by Crippen LogP contribution is -2.41. The fourth-order valence-corrected chi connectivity index (χ4v) is 3.19. The van der Waals surface area contributed by atoms with E-state index in [9.17, 15) is 4.79 Å². The van der Waals surface area contributed by atoms with E-state index >= 15 is 0 Å². The summed E-state index contributed by atoms with van der Waals surface area (Å²) < 4.78 is 1.12. The van der Waals surface area contributed by atoms with Crippen molar-refractivity contribution in [3.05, 3.63) is 65.3 Å². The SMILES string of the molecule is CC(C)(NC(=O)c1cc2ccccc2s1)c1ccccn1. The van der Waals surface area contributed by atoms with Gasteiger partial charge in [-0.2, -0.15) is 0 Å². The molecule has 2 aromatic heterocycles. The topological polar surface area (TPSA) is 42.0 Å². The van der Waals surface area contributed by atoms with Gasteiger partial charge in [-0.15, -0.1) is 11.3 Å². The second kappa shape index (κ2) is 5.30. The molecule has 0 aliphatic heterocycles. The van der Waals surface area contributed by atoms with Crippen LogP contribution in [0.5, 0.6) is 0 Å². The van der Waals surface area contributed by atoms with Gasteiger partial charge in [0.15, 0.2) is 0 Å². The molecule has 0 spiro atoms. The van der Waals surface area contributed by atoms with Crippen molar-refractivity contribution >= 4 is 27.3 Å². The Labute approximate surface area is 127 Å². The van der Waals surface area contributed by atoms with Gasteiger partial charge in [0.2, 0.25) is 0 Å². The number of fused-ring (bicyclic) bond motifs is 1. The molecule has 1 amide bonds. The van der Waals surface area contributed by atoms with E-state index in [2.05, 4.69) is 10.3 Å². The lowest BCUT2D eigenvalue weighted by Gasteiger charge is -2.25. The Kier molecular flexibility index (Phi) is 3.47. The first-order valence-electron chi connectivity index (χ1n) is 6.79. The highest BCUT2D eigenvalue weighted by Crippen LogP contribution is 2.26. The van der Waals surface area contributed by atoms with Gasteiger partial charge in [0.1, 0.15) is 0 Å². The van der Waals surface area contributed by atoms with Crippen LogP contribution in [0, 0.1) is 0 Å². The van der Waals surface area contributed by atoms with Gasteiger partial charge in [-0.1, -0.05) is 24.3 Å². The number of hydrogen-bond acceptors (Lipinski definition) is 3. The van der Waals surface area contributed by atoms with Crippen molar-refractivity contribution in [2.24, 2.45) is 0 Å². The quantitative estimate of drug-likeness (QED) is 0.795. The maximum atomic E-state index is 12.5. The molecule has 106 valence electrons. The van der Waals surface area contributed by atoms with Gasteiger partial charge in [-0.3, -0.25) is 9.78 Å². The average molecular weight is 296 g/mol. The van der Waals surface area contributed by atoms with E-state index in [0.29, 0.717) is 0 Å². The van der Waals surface area contributed by atoms with Crippen LogP contribution in [0.1, 0.15) is 29.2 Å². The first-order valence-corrected chi connectivity index (χ1v) is 7.60. The third-order valence-electron chi connectivity index (χ3n) is 3.38. The van der Waals surface area contributed by atoms with E-state index in [1.165, 1.54) is 11.3 Å². The molecule has 0 saturated heterocycles. The lowest BCUT2D eigenvalue weighted by molar-refractivity contribution is 0.0914. The Bertz CT molecular complexity index is 745. The van der Waals surface area contributed by atoms with E-state index in [1.54, 1.807) is 6.20 Å². The van der Waals surface area contributed by atoms with Crippen LogP contribution in [-0.4, -0.2) is 10.9 Å². The summed E-state index contributed by atoms with van der Waals surface area (Å²) in [5.74, 6) is -0.0631. The standard InChI is InChI=1S/C17H16N2OS/c1-17(2,15-9-5-6-10-18-15)19-16(20)14-11-12-7-3-4-8-13(12)21-14/h3-11H,1-2H3,(H,19,20). The number of benzene rings is 1. The smallest absolute Gasteiger partial charge is 0.262 e. The minimum absolute atomic E-state index is 0.0631. The molecule has 3 nitrogen and oxygen atoms in total. The molecule has 0 aliphatic carbocycles. The minimum atomic E-state index is -0.505. The number of rotatable bonds is 3. The summed E-state index contributed by atoms with van der Waals surface area (Å²) >= 11 is 1.51. The summed E-state index contributed by atoms with van der Waals surface area (Å²) in [6.45, 7) is 3.92. The zero-order chi connectivity index (χ0) is 14.9. The molecule has 1 N–H and O–H groups in total. The number of hydrogen-bond donors (Lipinski definition) is 1. The van der Waals surface area contributed by atoms with Gasteiger partial charge in [0.25, 0.3) is 5.91 Å². The summed E-state index contributed by atoms with van der Waals surface area (Å²) in [4.78, 5) is 17.5.